The number of ether oxygens (including phenoxy) is 1. The zero-order valence-electron chi connectivity index (χ0n) is 11.9. The highest BCUT2D eigenvalue weighted by atomic mass is 16.5. The molecule has 1 fully saturated rings. The lowest BCUT2D eigenvalue weighted by Gasteiger charge is -2.37. The second-order valence-corrected chi connectivity index (χ2v) is 5.97. The van der Waals surface area contributed by atoms with Crippen LogP contribution < -0.4 is 5.32 Å². The highest BCUT2D eigenvalue weighted by Crippen LogP contribution is 2.40. The molecule has 1 aliphatic carbocycles. The molecule has 104 valence electrons. The molecule has 4 heteroatoms. The SMILES string of the molecule is COC1(c2ncc3c(n2)CCNC3)CCC(C)CC1. The Morgan fingerprint density at radius 2 is 2.16 bits per heavy atom. The number of nitrogens with one attached hydrogen (secondary N) is 1. The first-order chi connectivity index (χ1) is 9.23. The third-order valence-electron chi connectivity index (χ3n) is 4.69. The minimum absolute atomic E-state index is 0.244. The molecule has 0 spiro atoms. The van der Waals surface area contributed by atoms with Gasteiger partial charge in [-0.3, -0.25) is 0 Å². The van der Waals surface area contributed by atoms with E-state index in [1.54, 1.807) is 7.11 Å². The Balaban J connectivity index is 1.91. The monoisotopic (exact) mass is 261 g/mol. The summed E-state index contributed by atoms with van der Waals surface area (Å²) in [5.74, 6) is 1.70. The van der Waals surface area contributed by atoms with Crippen molar-refractivity contribution in [1.82, 2.24) is 15.3 Å². The first-order valence-electron chi connectivity index (χ1n) is 7.35. The molecule has 1 aromatic heterocycles. The Hall–Kier alpha value is -1.00. The summed E-state index contributed by atoms with van der Waals surface area (Å²) in [6.45, 7) is 4.23. The minimum Gasteiger partial charge on any atom is -0.370 e. The second-order valence-electron chi connectivity index (χ2n) is 5.97. The summed E-state index contributed by atoms with van der Waals surface area (Å²) in [4.78, 5) is 9.44. The van der Waals surface area contributed by atoms with Crippen molar-refractivity contribution in [2.45, 2.75) is 51.2 Å². The molecule has 3 rings (SSSR count). The number of methoxy groups -OCH3 is 1. The molecule has 0 unspecified atom stereocenters. The van der Waals surface area contributed by atoms with Crippen molar-refractivity contribution in [3.05, 3.63) is 23.3 Å². The van der Waals surface area contributed by atoms with Crippen LogP contribution in [0.2, 0.25) is 0 Å². The van der Waals surface area contributed by atoms with Crippen LogP contribution in [-0.4, -0.2) is 23.6 Å². The molecule has 0 atom stereocenters. The van der Waals surface area contributed by atoms with Gasteiger partial charge >= 0.3 is 0 Å². The summed E-state index contributed by atoms with van der Waals surface area (Å²) < 4.78 is 5.86. The first-order valence-corrected chi connectivity index (χ1v) is 7.35. The molecule has 0 bridgehead atoms. The van der Waals surface area contributed by atoms with Gasteiger partial charge in [0, 0.05) is 44.1 Å². The molecule has 2 aliphatic rings. The number of fused-ring (bicyclic) bond motifs is 1. The van der Waals surface area contributed by atoms with E-state index in [1.807, 2.05) is 6.20 Å². The Morgan fingerprint density at radius 1 is 1.37 bits per heavy atom. The van der Waals surface area contributed by atoms with Gasteiger partial charge in [0.15, 0.2) is 5.82 Å². The van der Waals surface area contributed by atoms with Crippen LogP contribution in [0.25, 0.3) is 0 Å². The van der Waals surface area contributed by atoms with Crippen molar-refractivity contribution in [3.8, 4) is 0 Å². The van der Waals surface area contributed by atoms with E-state index in [4.69, 9.17) is 9.72 Å². The molecule has 4 nitrogen and oxygen atoms in total. The smallest absolute Gasteiger partial charge is 0.160 e. The topological polar surface area (TPSA) is 47.0 Å². The standard InChI is InChI=1S/C15H23N3O/c1-11-3-6-15(19-2,7-4-11)14-17-10-12-9-16-8-5-13(12)18-14/h10-11,16H,3-9H2,1-2H3. The van der Waals surface area contributed by atoms with Crippen LogP contribution in [0.4, 0.5) is 0 Å². The number of nitrogens with zero attached hydrogens (tertiary/aromatic N) is 2. The zero-order valence-corrected chi connectivity index (χ0v) is 11.9. The van der Waals surface area contributed by atoms with Crippen LogP contribution in [-0.2, 0) is 23.3 Å². The maximum absolute atomic E-state index is 5.86. The Morgan fingerprint density at radius 3 is 2.89 bits per heavy atom. The summed E-state index contributed by atoms with van der Waals surface area (Å²) in [5.41, 5.74) is 2.20. The Labute approximate surface area is 115 Å². The molecule has 2 heterocycles. The largest absolute Gasteiger partial charge is 0.370 e. The second kappa shape index (κ2) is 5.17. The fourth-order valence-corrected chi connectivity index (χ4v) is 3.20. The molecule has 0 saturated heterocycles. The highest BCUT2D eigenvalue weighted by Gasteiger charge is 2.38. The maximum atomic E-state index is 5.86. The molecule has 0 amide bonds. The average molecular weight is 261 g/mol. The summed E-state index contributed by atoms with van der Waals surface area (Å²) in [6.07, 6.45) is 7.48. The van der Waals surface area contributed by atoms with E-state index in [1.165, 1.54) is 24.1 Å². The van der Waals surface area contributed by atoms with E-state index in [0.29, 0.717) is 0 Å². The van der Waals surface area contributed by atoms with Crippen molar-refractivity contribution < 1.29 is 4.74 Å². The van der Waals surface area contributed by atoms with Gasteiger partial charge < -0.3 is 10.1 Å². The summed E-state index contributed by atoms with van der Waals surface area (Å²) in [7, 11) is 1.81. The van der Waals surface area contributed by atoms with Crippen LogP contribution in [0.5, 0.6) is 0 Å². The van der Waals surface area contributed by atoms with Gasteiger partial charge in [0.25, 0.3) is 0 Å². The molecular weight excluding hydrogens is 238 g/mol. The van der Waals surface area contributed by atoms with E-state index < -0.39 is 0 Å². The van der Waals surface area contributed by atoms with Crippen LogP contribution in [0.15, 0.2) is 6.20 Å². The lowest BCUT2D eigenvalue weighted by molar-refractivity contribution is -0.0599. The predicted molar refractivity (Wildman–Crippen MR) is 73.8 cm³/mol. The van der Waals surface area contributed by atoms with Gasteiger partial charge in [-0.05, 0) is 31.6 Å². The van der Waals surface area contributed by atoms with Gasteiger partial charge in [0.1, 0.15) is 5.60 Å². The number of rotatable bonds is 2. The van der Waals surface area contributed by atoms with Gasteiger partial charge in [-0.25, -0.2) is 9.97 Å². The summed E-state index contributed by atoms with van der Waals surface area (Å²) in [5, 5.41) is 3.36. The van der Waals surface area contributed by atoms with Crippen molar-refractivity contribution in [3.63, 3.8) is 0 Å². The average Bonchev–Trinajstić information content (AvgIpc) is 2.48. The maximum Gasteiger partial charge on any atom is 0.160 e. The van der Waals surface area contributed by atoms with Crippen molar-refractivity contribution in [1.29, 1.82) is 0 Å². The predicted octanol–water partition coefficient (Wildman–Crippen LogP) is 2.17. The van der Waals surface area contributed by atoms with E-state index in [0.717, 1.165) is 44.1 Å². The third kappa shape index (κ3) is 2.39. The lowest BCUT2D eigenvalue weighted by atomic mass is 9.79. The summed E-state index contributed by atoms with van der Waals surface area (Å²) in [6, 6.07) is 0. The molecule has 0 radical (unpaired) electrons. The van der Waals surface area contributed by atoms with Crippen molar-refractivity contribution >= 4 is 0 Å². The van der Waals surface area contributed by atoms with Crippen LogP contribution >= 0.6 is 0 Å². The van der Waals surface area contributed by atoms with E-state index >= 15 is 0 Å². The Kier molecular flexibility index (Phi) is 3.54. The van der Waals surface area contributed by atoms with Gasteiger partial charge in [-0.15, -0.1) is 0 Å². The van der Waals surface area contributed by atoms with E-state index in [9.17, 15) is 0 Å². The van der Waals surface area contributed by atoms with Gasteiger partial charge in [0.2, 0.25) is 0 Å². The quantitative estimate of drug-likeness (QED) is 0.886. The fourth-order valence-electron chi connectivity index (χ4n) is 3.20. The van der Waals surface area contributed by atoms with Crippen molar-refractivity contribution in [2.24, 2.45) is 5.92 Å². The normalized spacial score (nSPS) is 30.9. The van der Waals surface area contributed by atoms with E-state index in [-0.39, 0.29) is 5.60 Å². The molecule has 1 aliphatic heterocycles. The molecule has 0 aromatic carbocycles. The van der Waals surface area contributed by atoms with Gasteiger partial charge in [-0.2, -0.15) is 0 Å². The summed E-state index contributed by atoms with van der Waals surface area (Å²) >= 11 is 0. The first kappa shape index (κ1) is 13.0. The Bertz CT molecular complexity index is 453. The van der Waals surface area contributed by atoms with Crippen LogP contribution in [0, 0.1) is 5.92 Å². The minimum atomic E-state index is -0.244. The zero-order chi connectivity index (χ0) is 13.3. The van der Waals surface area contributed by atoms with Gasteiger partial charge in [0.05, 0.1) is 0 Å². The number of aromatic nitrogens is 2. The van der Waals surface area contributed by atoms with Crippen LogP contribution in [0.3, 0.4) is 0 Å². The molecular formula is C15H23N3O. The highest BCUT2D eigenvalue weighted by molar-refractivity contribution is 5.22. The third-order valence-corrected chi connectivity index (χ3v) is 4.69. The van der Waals surface area contributed by atoms with Crippen LogP contribution in [0.1, 0.15) is 49.7 Å². The fraction of sp³-hybridized carbons (Fsp3) is 0.733. The van der Waals surface area contributed by atoms with E-state index in [2.05, 4.69) is 17.2 Å². The molecule has 1 saturated carbocycles. The molecule has 1 aromatic rings. The lowest BCUT2D eigenvalue weighted by Crippen LogP contribution is -2.36. The molecule has 1 N–H and O–H groups in total. The van der Waals surface area contributed by atoms with Crippen molar-refractivity contribution in [2.75, 3.05) is 13.7 Å². The van der Waals surface area contributed by atoms with Gasteiger partial charge in [-0.1, -0.05) is 6.92 Å². The number of hydrogen-bond acceptors (Lipinski definition) is 4. The number of hydrogen-bond donors (Lipinski definition) is 1. The molecule has 19 heavy (non-hydrogen) atoms.